The smallest absolute Gasteiger partial charge is 0.333 e. The first-order valence-corrected chi connectivity index (χ1v) is 7.56. The summed E-state index contributed by atoms with van der Waals surface area (Å²) < 4.78 is 5.07. The molecule has 0 saturated heterocycles. The fraction of sp³-hybridized carbons (Fsp3) is 0.812. The van der Waals surface area contributed by atoms with Gasteiger partial charge in [-0.05, 0) is 26.2 Å². The average molecular weight is 254 g/mol. The predicted octanol–water partition coefficient (Wildman–Crippen LogP) is 5.03. The number of rotatable bonds is 11. The summed E-state index contributed by atoms with van der Waals surface area (Å²) in [5.74, 6) is -0.153. The van der Waals surface area contributed by atoms with Crippen molar-refractivity contribution in [3.05, 3.63) is 11.6 Å². The van der Waals surface area contributed by atoms with Gasteiger partial charge in [0, 0.05) is 5.57 Å². The highest BCUT2D eigenvalue weighted by atomic mass is 16.5. The van der Waals surface area contributed by atoms with Crippen molar-refractivity contribution < 1.29 is 9.53 Å². The Labute approximate surface area is 113 Å². The molecule has 0 aromatic rings. The summed E-state index contributed by atoms with van der Waals surface area (Å²) in [7, 11) is 0. The summed E-state index contributed by atoms with van der Waals surface area (Å²) in [5, 5.41) is 0. The van der Waals surface area contributed by atoms with Gasteiger partial charge in [0.1, 0.15) is 0 Å². The molecule has 0 unspecified atom stereocenters. The van der Waals surface area contributed by atoms with Crippen LogP contribution >= 0.6 is 0 Å². The third kappa shape index (κ3) is 10.4. The molecule has 2 heteroatoms. The highest BCUT2D eigenvalue weighted by Gasteiger charge is 2.03. The van der Waals surface area contributed by atoms with Crippen LogP contribution in [-0.4, -0.2) is 12.6 Å². The summed E-state index contributed by atoms with van der Waals surface area (Å²) in [5.41, 5.74) is 0.759. The first kappa shape index (κ1) is 17.2. The Hall–Kier alpha value is -0.790. The number of esters is 1. The van der Waals surface area contributed by atoms with E-state index in [-0.39, 0.29) is 5.97 Å². The van der Waals surface area contributed by atoms with Crippen LogP contribution in [0.25, 0.3) is 0 Å². The zero-order valence-corrected chi connectivity index (χ0v) is 12.5. The van der Waals surface area contributed by atoms with Crippen molar-refractivity contribution >= 4 is 5.97 Å². The summed E-state index contributed by atoms with van der Waals surface area (Å²) in [4.78, 5) is 11.4. The first-order chi connectivity index (χ1) is 8.72. The number of hydrogen-bond acceptors (Lipinski definition) is 2. The average Bonchev–Trinajstić information content (AvgIpc) is 2.38. The van der Waals surface area contributed by atoms with Crippen LogP contribution in [0.15, 0.2) is 11.6 Å². The van der Waals surface area contributed by atoms with Crippen LogP contribution in [0, 0.1) is 0 Å². The molecule has 0 bridgehead atoms. The Morgan fingerprint density at radius 1 is 0.944 bits per heavy atom. The summed E-state index contributed by atoms with van der Waals surface area (Å²) >= 11 is 0. The van der Waals surface area contributed by atoms with Crippen molar-refractivity contribution in [1.82, 2.24) is 0 Å². The number of carbonyl (C=O) groups is 1. The lowest BCUT2D eigenvalue weighted by atomic mass is 10.1. The molecule has 106 valence electrons. The molecule has 0 heterocycles. The highest BCUT2D eigenvalue weighted by Crippen LogP contribution is 2.10. The van der Waals surface area contributed by atoms with Gasteiger partial charge in [-0.15, -0.1) is 0 Å². The Morgan fingerprint density at radius 3 is 2.17 bits per heavy atom. The number of hydrogen-bond donors (Lipinski definition) is 0. The quantitative estimate of drug-likeness (QED) is 0.294. The third-order valence-electron chi connectivity index (χ3n) is 3.02. The molecule has 0 aliphatic carbocycles. The van der Waals surface area contributed by atoms with Crippen molar-refractivity contribution in [2.24, 2.45) is 0 Å². The van der Waals surface area contributed by atoms with Gasteiger partial charge >= 0.3 is 5.97 Å². The van der Waals surface area contributed by atoms with Crippen LogP contribution in [0.4, 0.5) is 0 Å². The van der Waals surface area contributed by atoms with E-state index in [4.69, 9.17) is 4.74 Å². The van der Waals surface area contributed by atoms with Gasteiger partial charge in [-0.1, -0.05) is 58.4 Å². The van der Waals surface area contributed by atoms with E-state index in [1.165, 1.54) is 44.9 Å². The SMILES string of the molecule is CCCCCCCCCC=C(C)C(=O)OCCC. The van der Waals surface area contributed by atoms with Gasteiger partial charge < -0.3 is 4.74 Å². The van der Waals surface area contributed by atoms with Crippen LogP contribution in [0.2, 0.25) is 0 Å². The summed E-state index contributed by atoms with van der Waals surface area (Å²) in [6.45, 7) is 6.62. The van der Waals surface area contributed by atoms with E-state index in [1.807, 2.05) is 19.9 Å². The van der Waals surface area contributed by atoms with Gasteiger partial charge in [-0.25, -0.2) is 4.79 Å². The minimum atomic E-state index is -0.153. The van der Waals surface area contributed by atoms with E-state index >= 15 is 0 Å². The third-order valence-corrected chi connectivity index (χ3v) is 3.02. The van der Waals surface area contributed by atoms with Crippen LogP contribution in [0.1, 0.15) is 78.6 Å². The number of unbranched alkanes of at least 4 members (excludes halogenated alkanes) is 7. The molecule has 0 rings (SSSR count). The fourth-order valence-electron chi connectivity index (χ4n) is 1.81. The minimum Gasteiger partial charge on any atom is -0.462 e. The largest absolute Gasteiger partial charge is 0.462 e. The van der Waals surface area contributed by atoms with Gasteiger partial charge in [0.05, 0.1) is 6.61 Å². The Kier molecular flexibility index (Phi) is 12.1. The van der Waals surface area contributed by atoms with E-state index in [0.29, 0.717) is 6.61 Å². The van der Waals surface area contributed by atoms with Crippen molar-refractivity contribution in [2.75, 3.05) is 6.61 Å². The Morgan fingerprint density at radius 2 is 1.56 bits per heavy atom. The standard InChI is InChI=1S/C16H30O2/c1-4-6-7-8-9-10-11-12-13-15(3)16(17)18-14-5-2/h13H,4-12,14H2,1-3H3. The number of ether oxygens (including phenoxy) is 1. The zero-order chi connectivity index (χ0) is 13.6. The van der Waals surface area contributed by atoms with Crippen molar-refractivity contribution in [1.29, 1.82) is 0 Å². The molecule has 0 fully saturated rings. The van der Waals surface area contributed by atoms with Gasteiger partial charge in [0.15, 0.2) is 0 Å². The van der Waals surface area contributed by atoms with E-state index < -0.39 is 0 Å². The van der Waals surface area contributed by atoms with Gasteiger partial charge in [-0.3, -0.25) is 0 Å². The molecular weight excluding hydrogens is 224 g/mol. The maximum Gasteiger partial charge on any atom is 0.333 e. The second-order valence-electron chi connectivity index (χ2n) is 4.93. The monoisotopic (exact) mass is 254 g/mol. The topological polar surface area (TPSA) is 26.3 Å². The van der Waals surface area contributed by atoms with Crippen LogP contribution < -0.4 is 0 Å². The van der Waals surface area contributed by atoms with Crippen LogP contribution in [-0.2, 0) is 9.53 Å². The molecule has 0 atom stereocenters. The molecule has 0 aromatic heterocycles. The maximum absolute atomic E-state index is 11.4. The number of allylic oxidation sites excluding steroid dienone is 1. The Balaban J connectivity index is 3.47. The lowest BCUT2D eigenvalue weighted by Gasteiger charge is -2.03. The highest BCUT2D eigenvalue weighted by molar-refractivity contribution is 5.87. The first-order valence-electron chi connectivity index (χ1n) is 7.56. The van der Waals surface area contributed by atoms with Crippen LogP contribution in [0.5, 0.6) is 0 Å². The molecule has 0 spiro atoms. The molecule has 0 saturated carbocycles. The second-order valence-corrected chi connectivity index (χ2v) is 4.93. The lowest BCUT2D eigenvalue weighted by molar-refractivity contribution is -0.139. The molecule has 0 aliphatic heterocycles. The van der Waals surface area contributed by atoms with Crippen LogP contribution in [0.3, 0.4) is 0 Å². The zero-order valence-electron chi connectivity index (χ0n) is 12.5. The second kappa shape index (κ2) is 12.7. The minimum absolute atomic E-state index is 0.153. The normalized spacial score (nSPS) is 11.6. The molecule has 18 heavy (non-hydrogen) atoms. The Bertz CT molecular complexity index is 231. The predicted molar refractivity (Wildman–Crippen MR) is 77.6 cm³/mol. The molecule has 0 amide bonds. The van der Waals surface area contributed by atoms with Gasteiger partial charge in [0.25, 0.3) is 0 Å². The van der Waals surface area contributed by atoms with E-state index in [0.717, 1.165) is 18.4 Å². The molecular formula is C16H30O2. The lowest BCUT2D eigenvalue weighted by Crippen LogP contribution is -2.06. The van der Waals surface area contributed by atoms with Crippen molar-refractivity contribution in [3.63, 3.8) is 0 Å². The summed E-state index contributed by atoms with van der Waals surface area (Å²) in [6.07, 6.45) is 13.1. The van der Waals surface area contributed by atoms with Crippen molar-refractivity contribution in [2.45, 2.75) is 78.6 Å². The molecule has 0 radical (unpaired) electrons. The molecule has 0 N–H and O–H groups in total. The molecule has 0 aromatic carbocycles. The van der Waals surface area contributed by atoms with E-state index in [9.17, 15) is 4.79 Å². The van der Waals surface area contributed by atoms with Gasteiger partial charge in [0.2, 0.25) is 0 Å². The maximum atomic E-state index is 11.4. The van der Waals surface area contributed by atoms with E-state index in [1.54, 1.807) is 0 Å². The summed E-state index contributed by atoms with van der Waals surface area (Å²) in [6, 6.07) is 0. The fourth-order valence-corrected chi connectivity index (χ4v) is 1.81. The number of carbonyl (C=O) groups excluding carboxylic acids is 1. The van der Waals surface area contributed by atoms with E-state index in [2.05, 4.69) is 6.92 Å². The molecule has 2 nitrogen and oxygen atoms in total. The van der Waals surface area contributed by atoms with Crippen molar-refractivity contribution in [3.8, 4) is 0 Å². The van der Waals surface area contributed by atoms with Gasteiger partial charge in [-0.2, -0.15) is 0 Å². The molecule has 0 aliphatic rings.